The van der Waals surface area contributed by atoms with Crippen molar-refractivity contribution in [2.45, 2.75) is 71.4 Å². The minimum absolute atomic E-state index is 0.0363. The number of benzene rings is 1. The van der Waals surface area contributed by atoms with Crippen LogP contribution in [0.1, 0.15) is 80.0 Å². The average molecular weight is 421 g/mol. The van der Waals surface area contributed by atoms with E-state index in [2.05, 4.69) is 64.4 Å². The van der Waals surface area contributed by atoms with Gasteiger partial charge in [-0.25, -0.2) is 4.68 Å². The van der Waals surface area contributed by atoms with Crippen molar-refractivity contribution >= 4 is 10.9 Å². The molecule has 1 aromatic carbocycles. The summed E-state index contributed by atoms with van der Waals surface area (Å²) in [6.45, 7) is 8.36. The van der Waals surface area contributed by atoms with E-state index in [0.29, 0.717) is 12.0 Å². The molecule has 3 heterocycles. The Hall–Kier alpha value is -2.54. The zero-order chi connectivity index (χ0) is 21.5. The summed E-state index contributed by atoms with van der Waals surface area (Å²) in [5, 5.41) is 14.0. The lowest BCUT2D eigenvalue weighted by molar-refractivity contribution is 0.147. The van der Waals surface area contributed by atoms with Gasteiger partial charge in [-0.1, -0.05) is 31.9 Å². The van der Waals surface area contributed by atoms with E-state index in [1.807, 2.05) is 4.68 Å². The molecule has 1 aliphatic carbocycles. The lowest BCUT2D eigenvalue weighted by Crippen LogP contribution is -2.40. The fraction of sp³-hybridized carbons (Fsp3) is 0.583. The van der Waals surface area contributed by atoms with Gasteiger partial charge < -0.3 is 4.98 Å². The van der Waals surface area contributed by atoms with E-state index in [0.717, 1.165) is 66.6 Å². The molecule has 1 unspecified atom stereocenters. The number of likely N-dealkylation sites (tertiary alicyclic amines) is 1. The smallest absolute Gasteiger partial charge is 0.253 e. The number of tetrazole rings is 1. The number of fused-ring (bicyclic) bond motifs is 1. The maximum absolute atomic E-state index is 13.4. The fourth-order valence-corrected chi connectivity index (χ4v) is 5.32. The van der Waals surface area contributed by atoms with Crippen LogP contribution in [0.2, 0.25) is 0 Å². The second-order valence-corrected chi connectivity index (χ2v) is 9.57. The first-order valence-corrected chi connectivity index (χ1v) is 11.7. The highest BCUT2D eigenvalue weighted by atomic mass is 16.1. The maximum atomic E-state index is 13.4. The van der Waals surface area contributed by atoms with Gasteiger partial charge in [0.2, 0.25) is 0 Å². The van der Waals surface area contributed by atoms with Crippen LogP contribution in [0.3, 0.4) is 0 Å². The Balaban J connectivity index is 1.65. The third kappa shape index (κ3) is 3.69. The van der Waals surface area contributed by atoms with Crippen LogP contribution in [-0.2, 0) is 0 Å². The molecule has 3 aromatic rings. The van der Waals surface area contributed by atoms with Crippen molar-refractivity contribution in [2.75, 3.05) is 13.1 Å². The van der Waals surface area contributed by atoms with E-state index in [9.17, 15) is 4.79 Å². The monoisotopic (exact) mass is 420 g/mol. The summed E-state index contributed by atoms with van der Waals surface area (Å²) in [6, 6.07) is 6.40. The first-order valence-electron chi connectivity index (χ1n) is 11.7. The lowest BCUT2D eigenvalue weighted by Gasteiger charge is -2.36. The number of rotatable bonds is 4. The second-order valence-electron chi connectivity index (χ2n) is 9.57. The zero-order valence-electron chi connectivity index (χ0n) is 18.8. The van der Waals surface area contributed by atoms with Crippen molar-refractivity contribution in [3.8, 4) is 0 Å². The number of pyridine rings is 1. The van der Waals surface area contributed by atoms with Gasteiger partial charge in [0.05, 0.1) is 11.6 Å². The molecular formula is C24H32N6O. The molecule has 5 rings (SSSR count). The van der Waals surface area contributed by atoms with Gasteiger partial charge in [-0.15, -0.1) is 5.10 Å². The molecule has 0 bridgehead atoms. The molecule has 1 saturated carbocycles. The molecule has 1 atom stereocenters. The molecule has 31 heavy (non-hydrogen) atoms. The molecule has 0 radical (unpaired) electrons. The van der Waals surface area contributed by atoms with E-state index in [1.54, 1.807) is 0 Å². The van der Waals surface area contributed by atoms with Crippen LogP contribution in [0.25, 0.3) is 10.9 Å². The number of nitrogens with zero attached hydrogens (tertiary/aromatic N) is 5. The van der Waals surface area contributed by atoms with Crippen molar-refractivity contribution in [1.29, 1.82) is 0 Å². The Morgan fingerprint density at radius 3 is 2.58 bits per heavy atom. The topological polar surface area (TPSA) is 79.7 Å². The quantitative estimate of drug-likeness (QED) is 0.688. The van der Waals surface area contributed by atoms with Crippen LogP contribution >= 0.6 is 0 Å². The van der Waals surface area contributed by atoms with Crippen LogP contribution in [0.15, 0.2) is 23.0 Å². The van der Waals surface area contributed by atoms with E-state index in [1.165, 1.54) is 18.4 Å². The predicted molar refractivity (Wildman–Crippen MR) is 121 cm³/mol. The van der Waals surface area contributed by atoms with E-state index < -0.39 is 0 Å². The van der Waals surface area contributed by atoms with Crippen LogP contribution in [0.5, 0.6) is 0 Å². The number of H-pyrrole nitrogens is 1. The molecule has 164 valence electrons. The Morgan fingerprint density at radius 2 is 1.84 bits per heavy atom. The highest BCUT2D eigenvalue weighted by Gasteiger charge is 2.34. The largest absolute Gasteiger partial charge is 0.321 e. The highest BCUT2D eigenvalue weighted by molar-refractivity contribution is 5.83. The maximum Gasteiger partial charge on any atom is 0.253 e. The Bertz CT molecular complexity index is 1130. The number of hydrogen-bond acceptors (Lipinski definition) is 5. The van der Waals surface area contributed by atoms with Crippen molar-refractivity contribution in [3.05, 3.63) is 51.1 Å². The standard InChI is InChI=1S/C24H32N6O/c1-15-10-12-29(13-11-15)22(23-26-27-28-30(23)19-6-4-5-7-19)20-14-18-9-8-16(2)17(3)21(18)25-24(20)31/h8-9,14-15,19,22H,4-7,10-13H2,1-3H3,(H,25,31). The lowest BCUT2D eigenvalue weighted by atomic mass is 9.94. The molecule has 2 aromatic heterocycles. The first-order chi connectivity index (χ1) is 15.0. The molecule has 2 fully saturated rings. The number of aromatic amines is 1. The minimum Gasteiger partial charge on any atom is -0.321 e. The predicted octanol–water partition coefficient (Wildman–Crippen LogP) is 4.07. The number of piperidine rings is 1. The summed E-state index contributed by atoms with van der Waals surface area (Å²) in [7, 11) is 0. The van der Waals surface area contributed by atoms with Gasteiger partial charge in [-0.2, -0.15) is 0 Å². The number of aryl methyl sites for hydroxylation is 2. The third-order valence-electron chi connectivity index (χ3n) is 7.49. The average Bonchev–Trinajstić information content (AvgIpc) is 3.45. The number of nitrogens with one attached hydrogen (secondary N) is 1. The third-order valence-corrected chi connectivity index (χ3v) is 7.49. The van der Waals surface area contributed by atoms with Crippen LogP contribution in [-0.4, -0.2) is 43.2 Å². The normalized spacial score (nSPS) is 20.0. The fourth-order valence-electron chi connectivity index (χ4n) is 5.32. The number of hydrogen-bond donors (Lipinski definition) is 1. The van der Waals surface area contributed by atoms with Gasteiger partial charge in [-0.3, -0.25) is 9.69 Å². The van der Waals surface area contributed by atoms with Gasteiger partial charge in [0, 0.05) is 5.56 Å². The number of aromatic nitrogens is 5. The Labute approximate surface area is 182 Å². The van der Waals surface area contributed by atoms with Gasteiger partial charge in [-0.05, 0) is 91.5 Å². The summed E-state index contributed by atoms with van der Waals surface area (Å²) >= 11 is 0. The Kier molecular flexibility index (Phi) is 5.38. The molecule has 7 heteroatoms. The zero-order valence-corrected chi connectivity index (χ0v) is 18.8. The van der Waals surface area contributed by atoms with Crippen LogP contribution in [0, 0.1) is 19.8 Å². The second kappa shape index (κ2) is 8.19. The van der Waals surface area contributed by atoms with E-state index >= 15 is 0 Å². The molecule has 0 amide bonds. The van der Waals surface area contributed by atoms with Crippen molar-refractivity contribution < 1.29 is 0 Å². The molecule has 1 saturated heterocycles. The summed E-state index contributed by atoms with van der Waals surface area (Å²) < 4.78 is 2.01. The molecule has 1 aliphatic heterocycles. The highest BCUT2D eigenvalue weighted by Crippen LogP contribution is 2.35. The molecule has 2 aliphatic rings. The molecular weight excluding hydrogens is 388 g/mol. The van der Waals surface area contributed by atoms with E-state index in [-0.39, 0.29) is 11.6 Å². The SMILES string of the molecule is Cc1ccc2cc(C(c3nnnn3C3CCCC3)N3CCC(C)CC3)c(=O)[nH]c2c1C. The first kappa shape index (κ1) is 20.4. The van der Waals surface area contributed by atoms with Gasteiger partial charge in [0.25, 0.3) is 5.56 Å². The summed E-state index contributed by atoms with van der Waals surface area (Å²) in [5.41, 5.74) is 3.95. The van der Waals surface area contributed by atoms with Crippen molar-refractivity contribution in [2.24, 2.45) is 5.92 Å². The van der Waals surface area contributed by atoms with E-state index in [4.69, 9.17) is 0 Å². The van der Waals surface area contributed by atoms with Gasteiger partial charge >= 0.3 is 0 Å². The molecule has 1 N–H and O–H groups in total. The molecule has 7 nitrogen and oxygen atoms in total. The van der Waals surface area contributed by atoms with Gasteiger partial charge in [0.15, 0.2) is 5.82 Å². The van der Waals surface area contributed by atoms with Gasteiger partial charge in [0.1, 0.15) is 6.04 Å². The van der Waals surface area contributed by atoms with Crippen molar-refractivity contribution in [1.82, 2.24) is 30.1 Å². The van der Waals surface area contributed by atoms with Crippen molar-refractivity contribution in [3.63, 3.8) is 0 Å². The summed E-state index contributed by atoms with van der Waals surface area (Å²) in [4.78, 5) is 19.0. The molecule has 0 spiro atoms. The Morgan fingerprint density at radius 1 is 1.10 bits per heavy atom. The summed E-state index contributed by atoms with van der Waals surface area (Å²) in [6.07, 6.45) is 6.90. The van der Waals surface area contributed by atoms with Crippen LogP contribution in [0.4, 0.5) is 0 Å². The van der Waals surface area contributed by atoms with Crippen LogP contribution < -0.4 is 5.56 Å². The minimum atomic E-state index is -0.224. The summed E-state index contributed by atoms with van der Waals surface area (Å²) in [5.74, 6) is 1.53.